The first-order valence-electron chi connectivity index (χ1n) is 19.8. The highest BCUT2D eigenvalue weighted by Crippen LogP contribution is 2.31. The van der Waals surface area contributed by atoms with Crippen molar-refractivity contribution in [3.05, 3.63) is 118 Å². The van der Waals surface area contributed by atoms with Crippen LogP contribution in [0.2, 0.25) is 0 Å². The standard InChI is InChI=1S/C43H60N4O8/c1-4-7-31-44(53-34-37-19-13-10-14-20-37)40(48)25-28-43(47(51)52,29-26-41(49)45(32-8-5-2)54-35-38-21-15-11-16-22-38)30-27-42(50)46(33-9-6-3)55-36-39-23-17-12-18-24-39/h10-24H,4-9,25-36H2,1-3H3. The predicted octanol–water partition coefficient (Wildman–Crippen LogP) is 8.62. The Morgan fingerprint density at radius 1 is 0.527 bits per heavy atom. The second kappa shape index (κ2) is 25.4. The minimum atomic E-state index is -1.76. The molecule has 0 saturated carbocycles. The second-order valence-electron chi connectivity index (χ2n) is 13.8. The van der Waals surface area contributed by atoms with Crippen LogP contribution in [0.4, 0.5) is 0 Å². The molecule has 300 valence electrons. The monoisotopic (exact) mass is 760 g/mol. The van der Waals surface area contributed by atoms with E-state index in [4.69, 9.17) is 14.5 Å². The van der Waals surface area contributed by atoms with Gasteiger partial charge >= 0.3 is 0 Å². The summed E-state index contributed by atoms with van der Waals surface area (Å²) in [6.07, 6.45) is 3.39. The highest BCUT2D eigenvalue weighted by molar-refractivity contribution is 5.77. The summed E-state index contributed by atoms with van der Waals surface area (Å²) in [6.45, 7) is 7.54. The lowest BCUT2D eigenvalue weighted by molar-refractivity contribution is -0.573. The summed E-state index contributed by atoms with van der Waals surface area (Å²) in [7, 11) is 0. The van der Waals surface area contributed by atoms with Crippen LogP contribution in [0.15, 0.2) is 91.0 Å². The first-order valence-corrected chi connectivity index (χ1v) is 19.8. The van der Waals surface area contributed by atoms with E-state index >= 15 is 0 Å². The van der Waals surface area contributed by atoms with E-state index in [-0.39, 0.29) is 76.1 Å². The SMILES string of the molecule is CCCCN(OCc1ccccc1)C(=O)CCC(CCC(=O)N(CCCC)OCc1ccccc1)(CCC(=O)N(CCCC)OCc1ccccc1)[N+](=O)[O-]. The van der Waals surface area contributed by atoms with Crippen molar-refractivity contribution in [2.24, 2.45) is 0 Å². The number of rotatable bonds is 28. The van der Waals surface area contributed by atoms with Crippen molar-refractivity contribution in [3.8, 4) is 0 Å². The van der Waals surface area contributed by atoms with Crippen LogP contribution in [-0.2, 0) is 48.7 Å². The summed E-state index contributed by atoms with van der Waals surface area (Å²) in [4.78, 5) is 71.6. The Morgan fingerprint density at radius 3 is 1.04 bits per heavy atom. The van der Waals surface area contributed by atoms with Crippen LogP contribution in [-0.4, -0.2) is 63.0 Å². The molecule has 3 amide bonds. The average molecular weight is 761 g/mol. The minimum absolute atomic E-state index is 0.173. The topological polar surface area (TPSA) is 132 Å². The average Bonchev–Trinajstić information content (AvgIpc) is 3.21. The number of amides is 3. The van der Waals surface area contributed by atoms with Crippen LogP contribution < -0.4 is 0 Å². The number of hydrogen-bond donors (Lipinski definition) is 0. The molecule has 0 heterocycles. The van der Waals surface area contributed by atoms with Gasteiger partial charge in [-0.15, -0.1) is 0 Å². The summed E-state index contributed by atoms with van der Waals surface area (Å²) in [6, 6.07) is 28.4. The molecule has 3 rings (SSSR count). The molecule has 0 aliphatic heterocycles. The third-order valence-electron chi connectivity index (χ3n) is 9.47. The normalized spacial score (nSPS) is 11.3. The second-order valence-corrected chi connectivity index (χ2v) is 13.8. The molecule has 12 heteroatoms. The van der Waals surface area contributed by atoms with E-state index < -0.39 is 10.5 Å². The number of nitro groups is 1. The summed E-state index contributed by atoms with van der Waals surface area (Å²) >= 11 is 0. The molecule has 0 fully saturated rings. The molecular formula is C43H60N4O8. The van der Waals surface area contributed by atoms with Gasteiger partial charge < -0.3 is 0 Å². The van der Waals surface area contributed by atoms with Gasteiger partial charge in [0, 0.05) is 63.1 Å². The van der Waals surface area contributed by atoms with Gasteiger partial charge in [-0.25, -0.2) is 15.2 Å². The Morgan fingerprint density at radius 2 is 0.800 bits per heavy atom. The van der Waals surface area contributed by atoms with Gasteiger partial charge in [0.25, 0.3) is 0 Å². The van der Waals surface area contributed by atoms with Crippen LogP contribution in [0.5, 0.6) is 0 Å². The highest BCUT2D eigenvalue weighted by atomic mass is 16.7. The van der Waals surface area contributed by atoms with E-state index in [1.54, 1.807) is 0 Å². The number of carbonyl (C=O) groups is 3. The fourth-order valence-corrected chi connectivity index (χ4v) is 5.91. The van der Waals surface area contributed by atoms with Crippen LogP contribution in [0.1, 0.15) is 115 Å². The lowest BCUT2D eigenvalue weighted by Crippen LogP contribution is -2.43. The Labute approximate surface area is 326 Å². The fraction of sp³-hybridized carbons (Fsp3) is 0.512. The number of hydroxylamine groups is 6. The lowest BCUT2D eigenvalue weighted by atomic mass is 9.84. The van der Waals surface area contributed by atoms with Gasteiger partial charge in [-0.05, 0) is 36.0 Å². The van der Waals surface area contributed by atoms with E-state index in [1.807, 2.05) is 112 Å². The van der Waals surface area contributed by atoms with Gasteiger partial charge in [0.05, 0.1) is 0 Å². The third kappa shape index (κ3) is 16.3. The van der Waals surface area contributed by atoms with Crippen LogP contribution in [0.3, 0.4) is 0 Å². The number of carbonyl (C=O) groups excluding carboxylic acids is 3. The largest absolute Gasteiger partial charge is 0.273 e. The van der Waals surface area contributed by atoms with Crippen LogP contribution in [0, 0.1) is 10.1 Å². The predicted molar refractivity (Wildman–Crippen MR) is 211 cm³/mol. The maximum absolute atomic E-state index is 13.7. The van der Waals surface area contributed by atoms with Gasteiger partial charge in [-0.2, -0.15) is 0 Å². The van der Waals surface area contributed by atoms with Gasteiger partial charge in [0.15, 0.2) is 0 Å². The molecule has 55 heavy (non-hydrogen) atoms. The molecule has 3 aromatic rings. The maximum atomic E-state index is 13.7. The van der Waals surface area contributed by atoms with E-state index in [0.717, 1.165) is 36.0 Å². The van der Waals surface area contributed by atoms with E-state index in [0.29, 0.717) is 38.9 Å². The molecule has 0 atom stereocenters. The zero-order valence-electron chi connectivity index (χ0n) is 32.9. The first-order chi connectivity index (χ1) is 26.7. The fourth-order valence-electron chi connectivity index (χ4n) is 5.91. The van der Waals surface area contributed by atoms with Crippen molar-refractivity contribution >= 4 is 17.7 Å². The number of nitrogens with zero attached hydrogens (tertiary/aromatic N) is 4. The molecule has 0 bridgehead atoms. The molecule has 0 aromatic heterocycles. The quantitative estimate of drug-likeness (QED) is 0.0531. The van der Waals surface area contributed by atoms with E-state index in [9.17, 15) is 24.5 Å². The van der Waals surface area contributed by atoms with Gasteiger partial charge in [-0.1, -0.05) is 131 Å². The smallest absolute Gasteiger partial charge is 0.246 e. The third-order valence-corrected chi connectivity index (χ3v) is 9.47. The number of hydrogen-bond acceptors (Lipinski definition) is 8. The van der Waals surface area contributed by atoms with Crippen molar-refractivity contribution in [2.45, 2.75) is 123 Å². The molecular weight excluding hydrogens is 700 g/mol. The molecule has 0 unspecified atom stereocenters. The lowest BCUT2D eigenvalue weighted by Gasteiger charge is -2.29. The van der Waals surface area contributed by atoms with Gasteiger partial charge in [0.1, 0.15) is 19.8 Å². The van der Waals surface area contributed by atoms with Gasteiger partial charge in [0.2, 0.25) is 23.3 Å². The summed E-state index contributed by atoms with van der Waals surface area (Å²) in [5, 5.41) is 17.0. The summed E-state index contributed by atoms with van der Waals surface area (Å²) < 4.78 is 0. The molecule has 3 aromatic carbocycles. The molecule has 0 aliphatic rings. The Bertz CT molecular complexity index is 1370. The van der Waals surface area contributed by atoms with Crippen molar-refractivity contribution in [2.75, 3.05) is 19.6 Å². The maximum Gasteiger partial charge on any atom is 0.246 e. The van der Waals surface area contributed by atoms with Crippen molar-refractivity contribution < 1.29 is 33.8 Å². The van der Waals surface area contributed by atoms with Crippen molar-refractivity contribution in [1.29, 1.82) is 0 Å². The molecule has 0 spiro atoms. The van der Waals surface area contributed by atoms with Crippen molar-refractivity contribution in [3.63, 3.8) is 0 Å². The minimum Gasteiger partial charge on any atom is -0.273 e. The molecule has 0 radical (unpaired) electrons. The number of unbranched alkanes of at least 4 members (excludes halogenated alkanes) is 3. The van der Waals surface area contributed by atoms with Crippen LogP contribution in [0.25, 0.3) is 0 Å². The van der Waals surface area contributed by atoms with E-state index in [1.165, 1.54) is 15.2 Å². The highest BCUT2D eigenvalue weighted by Gasteiger charge is 2.44. The van der Waals surface area contributed by atoms with Gasteiger partial charge in [-0.3, -0.25) is 39.0 Å². The van der Waals surface area contributed by atoms with Crippen molar-refractivity contribution in [1.82, 2.24) is 15.2 Å². The Hall–Kier alpha value is -4.65. The molecule has 0 aliphatic carbocycles. The first kappa shape index (κ1) is 44.7. The zero-order chi connectivity index (χ0) is 39.7. The molecule has 12 nitrogen and oxygen atoms in total. The summed E-state index contributed by atoms with van der Waals surface area (Å²) in [5.74, 6) is -1.17. The van der Waals surface area contributed by atoms with E-state index in [2.05, 4.69) is 0 Å². The zero-order valence-corrected chi connectivity index (χ0v) is 32.9. The molecule has 0 N–H and O–H groups in total. The Kier molecular flexibility index (Phi) is 20.7. The Balaban J connectivity index is 1.81. The number of benzene rings is 3. The summed E-state index contributed by atoms with van der Waals surface area (Å²) in [5.41, 5.74) is 0.899. The molecule has 0 saturated heterocycles. The van der Waals surface area contributed by atoms with Crippen LogP contribution >= 0.6 is 0 Å².